The minimum absolute atomic E-state index is 0.0822. The standard InChI is InChI=1S/C18H18ClN5O2/c1-11(2)24(18(25)15-9-20-12(3)8-21-15)10-16-22-23-17(26-16)13-6-4-5-7-14(13)19/h4-9,11H,10H2,1-3H3. The van der Waals surface area contributed by atoms with Crippen molar-refractivity contribution < 1.29 is 9.21 Å². The highest BCUT2D eigenvalue weighted by Gasteiger charge is 2.23. The van der Waals surface area contributed by atoms with E-state index in [1.54, 1.807) is 23.2 Å². The van der Waals surface area contributed by atoms with Crippen LogP contribution in [0.4, 0.5) is 0 Å². The number of rotatable bonds is 5. The molecule has 0 atom stereocenters. The van der Waals surface area contributed by atoms with Crippen molar-refractivity contribution in [1.29, 1.82) is 0 Å². The number of halogens is 1. The fraction of sp³-hybridized carbons (Fsp3) is 0.278. The van der Waals surface area contributed by atoms with Gasteiger partial charge in [0.25, 0.3) is 5.91 Å². The molecule has 8 heteroatoms. The summed E-state index contributed by atoms with van der Waals surface area (Å²) in [4.78, 5) is 22.6. The van der Waals surface area contributed by atoms with Crippen molar-refractivity contribution in [2.45, 2.75) is 33.4 Å². The maximum absolute atomic E-state index is 12.7. The Morgan fingerprint density at radius 3 is 2.62 bits per heavy atom. The first-order chi connectivity index (χ1) is 12.5. The van der Waals surface area contributed by atoms with Crippen molar-refractivity contribution in [1.82, 2.24) is 25.1 Å². The highest BCUT2D eigenvalue weighted by molar-refractivity contribution is 6.33. The lowest BCUT2D eigenvalue weighted by atomic mass is 10.2. The molecule has 26 heavy (non-hydrogen) atoms. The zero-order chi connectivity index (χ0) is 18.7. The van der Waals surface area contributed by atoms with Crippen LogP contribution in [0.1, 0.15) is 35.9 Å². The SMILES string of the molecule is Cc1cnc(C(=O)N(Cc2nnc(-c3ccccc3Cl)o2)C(C)C)cn1. The fourth-order valence-electron chi connectivity index (χ4n) is 2.35. The van der Waals surface area contributed by atoms with Crippen LogP contribution in [0.5, 0.6) is 0 Å². The lowest BCUT2D eigenvalue weighted by Gasteiger charge is -2.24. The summed E-state index contributed by atoms with van der Waals surface area (Å²) in [6.07, 6.45) is 3.03. The molecular formula is C18H18ClN5O2. The summed E-state index contributed by atoms with van der Waals surface area (Å²) < 4.78 is 5.70. The molecule has 0 saturated heterocycles. The fourth-order valence-corrected chi connectivity index (χ4v) is 2.56. The molecule has 0 aliphatic rings. The van der Waals surface area contributed by atoms with Crippen LogP contribution in [-0.2, 0) is 6.54 Å². The molecule has 7 nitrogen and oxygen atoms in total. The van der Waals surface area contributed by atoms with Crippen molar-refractivity contribution in [3.8, 4) is 11.5 Å². The molecule has 0 radical (unpaired) electrons. The Morgan fingerprint density at radius 2 is 1.96 bits per heavy atom. The van der Waals surface area contributed by atoms with Gasteiger partial charge in [-0.05, 0) is 32.9 Å². The Bertz CT molecular complexity index is 908. The predicted molar refractivity (Wildman–Crippen MR) is 96.5 cm³/mol. The maximum atomic E-state index is 12.7. The van der Waals surface area contributed by atoms with Crippen LogP contribution < -0.4 is 0 Å². The summed E-state index contributed by atoms with van der Waals surface area (Å²) in [5.74, 6) is 0.393. The van der Waals surface area contributed by atoms with E-state index in [0.29, 0.717) is 22.4 Å². The van der Waals surface area contributed by atoms with E-state index in [0.717, 1.165) is 5.69 Å². The molecule has 3 rings (SSSR count). The van der Waals surface area contributed by atoms with Crippen LogP contribution in [0.25, 0.3) is 11.5 Å². The summed E-state index contributed by atoms with van der Waals surface area (Å²) in [5.41, 5.74) is 1.67. The average Bonchev–Trinajstić information content (AvgIpc) is 3.08. The van der Waals surface area contributed by atoms with Gasteiger partial charge in [-0.2, -0.15) is 0 Å². The molecule has 0 aliphatic carbocycles. The van der Waals surface area contributed by atoms with Crippen molar-refractivity contribution in [3.05, 3.63) is 59.0 Å². The zero-order valence-corrected chi connectivity index (χ0v) is 15.4. The topological polar surface area (TPSA) is 85.0 Å². The summed E-state index contributed by atoms with van der Waals surface area (Å²) in [5, 5.41) is 8.60. The van der Waals surface area contributed by atoms with E-state index >= 15 is 0 Å². The van der Waals surface area contributed by atoms with Crippen LogP contribution in [0.3, 0.4) is 0 Å². The molecule has 1 aromatic carbocycles. The van der Waals surface area contributed by atoms with Gasteiger partial charge in [0.1, 0.15) is 5.69 Å². The van der Waals surface area contributed by atoms with Crippen LogP contribution in [0.2, 0.25) is 5.02 Å². The van der Waals surface area contributed by atoms with E-state index in [1.165, 1.54) is 6.20 Å². The Balaban J connectivity index is 1.82. The zero-order valence-electron chi connectivity index (χ0n) is 14.7. The molecule has 0 N–H and O–H groups in total. The molecule has 0 fully saturated rings. The Kier molecular flexibility index (Phi) is 5.27. The molecule has 0 unspecified atom stereocenters. The molecule has 1 amide bonds. The molecule has 0 bridgehead atoms. The third kappa shape index (κ3) is 3.88. The van der Waals surface area contributed by atoms with Gasteiger partial charge < -0.3 is 9.32 Å². The van der Waals surface area contributed by atoms with Gasteiger partial charge in [0.15, 0.2) is 0 Å². The quantitative estimate of drug-likeness (QED) is 0.682. The number of aromatic nitrogens is 4. The van der Waals surface area contributed by atoms with E-state index in [2.05, 4.69) is 20.2 Å². The van der Waals surface area contributed by atoms with Crippen LogP contribution in [0.15, 0.2) is 41.1 Å². The van der Waals surface area contributed by atoms with Crippen molar-refractivity contribution in [2.24, 2.45) is 0 Å². The monoisotopic (exact) mass is 371 g/mol. The van der Waals surface area contributed by atoms with E-state index in [4.69, 9.17) is 16.0 Å². The molecule has 2 aromatic heterocycles. The van der Waals surface area contributed by atoms with Gasteiger partial charge in [-0.15, -0.1) is 10.2 Å². The molecule has 3 aromatic rings. The lowest BCUT2D eigenvalue weighted by Crippen LogP contribution is -2.37. The number of amides is 1. The number of carbonyl (C=O) groups is 1. The van der Waals surface area contributed by atoms with Crippen molar-refractivity contribution in [3.63, 3.8) is 0 Å². The number of hydrogen-bond donors (Lipinski definition) is 0. The second-order valence-electron chi connectivity index (χ2n) is 6.05. The summed E-state index contributed by atoms with van der Waals surface area (Å²) in [6.45, 7) is 5.80. The third-order valence-corrected chi connectivity index (χ3v) is 4.09. The van der Waals surface area contributed by atoms with Crippen LogP contribution in [-0.4, -0.2) is 37.0 Å². The normalized spacial score (nSPS) is 11.0. The van der Waals surface area contributed by atoms with Gasteiger partial charge in [-0.3, -0.25) is 9.78 Å². The second-order valence-corrected chi connectivity index (χ2v) is 6.46. The summed E-state index contributed by atoms with van der Waals surface area (Å²) in [7, 11) is 0. The van der Waals surface area contributed by atoms with E-state index < -0.39 is 0 Å². The molecule has 134 valence electrons. The number of hydrogen-bond acceptors (Lipinski definition) is 6. The van der Waals surface area contributed by atoms with Crippen molar-refractivity contribution >= 4 is 17.5 Å². The molecule has 0 saturated carbocycles. The number of nitrogens with zero attached hydrogens (tertiary/aromatic N) is 5. The first-order valence-electron chi connectivity index (χ1n) is 8.12. The van der Waals surface area contributed by atoms with Gasteiger partial charge in [-0.1, -0.05) is 23.7 Å². The Morgan fingerprint density at radius 1 is 1.19 bits per heavy atom. The molecule has 2 heterocycles. The van der Waals surface area contributed by atoms with Gasteiger partial charge in [-0.25, -0.2) is 4.98 Å². The van der Waals surface area contributed by atoms with E-state index in [9.17, 15) is 4.79 Å². The molecule has 0 spiro atoms. The number of carbonyl (C=O) groups excluding carboxylic acids is 1. The minimum Gasteiger partial charge on any atom is -0.419 e. The van der Waals surface area contributed by atoms with Gasteiger partial charge in [0.05, 0.1) is 29.0 Å². The largest absolute Gasteiger partial charge is 0.419 e. The van der Waals surface area contributed by atoms with Crippen LogP contribution in [0, 0.1) is 6.92 Å². The molecule has 0 aliphatic heterocycles. The smallest absolute Gasteiger partial charge is 0.274 e. The first kappa shape index (κ1) is 18.0. The van der Waals surface area contributed by atoms with Crippen molar-refractivity contribution in [2.75, 3.05) is 0 Å². The Labute approximate surface area is 156 Å². The highest BCUT2D eigenvalue weighted by Crippen LogP contribution is 2.26. The average molecular weight is 372 g/mol. The van der Waals surface area contributed by atoms with E-state index in [-0.39, 0.29) is 24.2 Å². The van der Waals surface area contributed by atoms with Crippen LogP contribution >= 0.6 is 11.6 Å². The third-order valence-electron chi connectivity index (χ3n) is 3.76. The minimum atomic E-state index is -0.245. The second kappa shape index (κ2) is 7.61. The van der Waals surface area contributed by atoms with Gasteiger partial charge >= 0.3 is 0 Å². The maximum Gasteiger partial charge on any atom is 0.274 e. The van der Waals surface area contributed by atoms with E-state index in [1.807, 2.05) is 32.9 Å². The number of benzene rings is 1. The highest BCUT2D eigenvalue weighted by atomic mass is 35.5. The lowest BCUT2D eigenvalue weighted by molar-refractivity contribution is 0.0666. The first-order valence-corrected chi connectivity index (χ1v) is 8.50. The van der Waals surface area contributed by atoms with Gasteiger partial charge in [0.2, 0.25) is 11.8 Å². The van der Waals surface area contributed by atoms with Gasteiger partial charge in [0, 0.05) is 12.2 Å². The predicted octanol–water partition coefficient (Wildman–Crippen LogP) is 3.54. The summed E-state index contributed by atoms with van der Waals surface area (Å²) >= 11 is 6.16. The number of aryl methyl sites for hydroxylation is 1. The Hall–Kier alpha value is -2.80. The summed E-state index contributed by atoms with van der Waals surface area (Å²) in [6, 6.07) is 7.13. The molecular weight excluding hydrogens is 354 g/mol.